The second kappa shape index (κ2) is 7.79. The van der Waals surface area contributed by atoms with Crippen molar-refractivity contribution in [1.29, 1.82) is 0 Å². The molecule has 0 unspecified atom stereocenters. The average Bonchev–Trinajstić information content (AvgIpc) is 2.93. The van der Waals surface area contributed by atoms with Gasteiger partial charge in [0.25, 0.3) is 0 Å². The van der Waals surface area contributed by atoms with Crippen molar-refractivity contribution >= 4 is 29.1 Å². The van der Waals surface area contributed by atoms with Gasteiger partial charge in [-0.15, -0.1) is 0 Å². The van der Waals surface area contributed by atoms with Crippen LogP contribution in [0.4, 0.5) is 5.69 Å². The number of hydrogen-bond donors (Lipinski definition) is 2. The van der Waals surface area contributed by atoms with E-state index in [0.717, 1.165) is 6.42 Å². The maximum absolute atomic E-state index is 12.4. The van der Waals surface area contributed by atoms with Crippen molar-refractivity contribution in [3.05, 3.63) is 29.3 Å². The molecule has 1 aliphatic rings. The lowest BCUT2D eigenvalue weighted by molar-refractivity contribution is -0.127. The van der Waals surface area contributed by atoms with Crippen molar-refractivity contribution in [2.75, 3.05) is 18.1 Å². The Labute approximate surface area is 141 Å². The second-order valence-corrected chi connectivity index (χ2v) is 6.50. The summed E-state index contributed by atoms with van der Waals surface area (Å²) in [6.07, 6.45) is 1.04. The van der Waals surface area contributed by atoms with E-state index in [2.05, 4.69) is 5.32 Å². The molecule has 2 rings (SSSR count). The van der Waals surface area contributed by atoms with Gasteiger partial charge in [0.1, 0.15) is 0 Å². The minimum absolute atomic E-state index is 0.0866. The summed E-state index contributed by atoms with van der Waals surface area (Å²) in [5.74, 6) is -0.483. The lowest BCUT2D eigenvalue weighted by Crippen LogP contribution is -2.45. The van der Waals surface area contributed by atoms with E-state index in [1.807, 2.05) is 13.8 Å². The highest BCUT2D eigenvalue weighted by Crippen LogP contribution is 2.27. The molecule has 5 nitrogen and oxygen atoms in total. The molecule has 0 spiro atoms. The van der Waals surface area contributed by atoms with E-state index in [-0.39, 0.29) is 36.8 Å². The summed E-state index contributed by atoms with van der Waals surface area (Å²) >= 11 is 5.96. The Kier molecular flexibility index (Phi) is 6.02. The van der Waals surface area contributed by atoms with Gasteiger partial charge < -0.3 is 15.3 Å². The van der Waals surface area contributed by atoms with E-state index in [1.165, 1.54) is 0 Å². The topological polar surface area (TPSA) is 69.6 Å². The molecule has 1 fully saturated rings. The summed E-state index contributed by atoms with van der Waals surface area (Å²) in [5.41, 5.74) is 0.707. The maximum atomic E-state index is 12.4. The molecule has 1 aliphatic heterocycles. The van der Waals surface area contributed by atoms with Crippen LogP contribution in [0, 0.1) is 11.8 Å². The number of nitrogens with zero attached hydrogens (tertiary/aromatic N) is 1. The van der Waals surface area contributed by atoms with Crippen LogP contribution in [-0.2, 0) is 9.59 Å². The highest BCUT2D eigenvalue weighted by atomic mass is 35.5. The number of aliphatic hydroxyl groups is 1. The molecule has 1 aromatic rings. The molecule has 0 radical (unpaired) electrons. The predicted molar refractivity (Wildman–Crippen MR) is 90.4 cm³/mol. The number of benzene rings is 1. The van der Waals surface area contributed by atoms with E-state index in [0.29, 0.717) is 17.3 Å². The Morgan fingerprint density at radius 1 is 1.52 bits per heavy atom. The molecule has 1 heterocycles. The first-order valence-electron chi connectivity index (χ1n) is 7.93. The van der Waals surface area contributed by atoms with E-state index in [4.69, 9.17) is 11.6 Å². The zero-order valence-electron chi connectivity index (χ0n) is 13.5. The van der Waals surface area contributed by atoms with Gasteiger partial charge in [0.15, 0.2) is 0 Å². The Hall–Kier alpha value is -1.59. The summed E-state index contributed by atoms with van der Waals surface area (Å²) in [5, 5.41) is 12.9. The Balaban J connectivity index is 2.03. The summed E-state index contributed by atoms with van der Waals surface area (Å²) < 4.78 is 0. The molecule has 0 saturated carbocycles. The zero-order chi connectivity index (χ0) is 17.0. The SMILES string of the molecule is CC[C@@H](C)[C@@H](CO)NC(=O)[C@@H]1CC(=O)N(c2cccc(Cl)c2)C1. The van der Waals surface area contributed by atoms with Crippen LogP contribution in [0.2, 0.25) is 5.02 Å². The molecule has 2 amide bonds. The summed E-state index contributed by atoms with van der Waals surface area (Å²) in [6.45, 7) is 4.24. The highest BCUT2D eigenvalue weighted by Gasteiger charge is 2.36. The quantitative estimate of drug-likeness (QED) is 0.835. The molecule has 23 heavy (non-hydrogen) atoms. The van der Waals surface area contributed by atoms with Crippen LogP contribution < -0.4 is 10.2 Å². The van der Waals surface area contributed by atoms with Crippen LogP contribution in [0.3, 0.4) is 0 Å². The molecule has 1 saturated heterocycles. The first-order chi connectivity index (χ1) is 11.0. The molecule has 0 aromatic heterocycles. The minimum atomic E-state index is -0.403. The number of carbonyl (C=O) groups excluding carboxylic acids is 2. The standard InChI is InChI=1S/C17H23ClN2O3/c1-3-11(2)15(10-21)19-17(23)12-7-16(22)20(9-12)14-6-4-5-13(18)8-14/h4-6,8,11-12,15,21H,3,7,9-10H2,1-2H3,(H,19,23)/t11-,12-,15-/m1/s1. The van der Waals surface area contributed by atoms with Gasteiger partial charge in [0.05, 0.1) is 18.6 Å². The fourth-order valence-electron chi connectivity index (χ4n) is 2.73. The number of hydrogen-bond acceptors (Lipinski definition) is 3. The molecule has 1 aromatic carbocycles. The van der Waals surface area contributed by atoms with Gasteiger partial charge in [-0.25, -0.2) is 0 Å². The first-order valence-corrected chi connectivity index (χ1v) is 8.31. The van der Waals surface area contributed by atoms with Gasteiger partial charge in [0, 0.05) is 23.7 Å². The van der Waals surface area contributed by atoms with Gasteiger partial charge in [-0.1, -0.05) is 37.9 Å². The third-order valence-electron chi connectivity index (χ3n) is 4.47. The lowest BCUT2D eigenvalue weighted by Gasteiger charge is -2.24. The van der Waals surface area contributed by atoms with Crippen molar-refractivity contribution in [3.63, 3.8) is 0 Å². The molecule has 3 atom stereocenters. The molecule has 6 heteroatoms. The summed E-state index contributed by atoms with van der Waals surface area (Å²) in [7, 11) is 0. The lowest BCUT2D eigenvalue weighted by atomic mass is 9.98. The van der Waals surface area contributed by atoms with E-state index in [9.17, 15) is 14.7 Å². The highest BCUT2D eigenvalue weighted by molar-refractivity contribution is 6.30. The van der Waals surface area contributed by atoms with Gasteiger partial charge >= 0.3 is 0 Å². The smallest absolute Gasteiger partial charge is 0.227 e. The van der Waals surface area contributed by atoms with Gasteiger partial charge in [-0.3, -0.25) is 9.59 Å². The first kappa shape index (κ1) is 17.8. The van der Waals surface area contributed by atoms with Gasteiger partial charge in [0.2, 0.25) is 11.8 Å². The van der Waals surface area contributed by atoms with E-state index >= 15 is 0 Å². The minimum Gasteiger partial charge on any atom is -0.394 e. The van der Waals surface area contributed by atoms with Crippen LogP contribution in [0.1, 0.15) is 26.7 Å². The predicted octanol–water partition coefficient (Wildman–Crippen LogP) is 2.22. The molecule has 0 bridgehead atoms. The number of rotatable bonds is 6. The third-order valence-corrected chi connectivity index (χ3v) is 4.71. The number of halogens is 1. The Bertz CT molecular complexity index is 579. The number of anilines is 1. The van der Waals surface area contributed by atoms with Crippen LogP contribution >= 0.6 is 11.6 Å². The zero-order valence-corrected chi connectivity index (χ0v) is 14.2. The molecule has 0 aliphatic carbocycles. The fraction of sp³-hybridized carbons (Fsp3) is 0.529. The number of carbonyl (C=O) groups is 2. The number of nitrogens with one attached hydrogen (secondary N) is 1. The van der Waals surface area contributed by atoms with Crippen LogP contribution in [0.25, 0.3) is 0 Å². The fourth-order valence-corrected chi connectivity index (χ4v) is 2.91. The maximum Gasteiger partial charge on any atom is 0.227 e. The van der Waals surface area contributed by atoms with E-state index < -0.39 is 5.92 Å². The largest absolute Gasteiger partial charge is 0.394 e. The van der Waals surface area contributed by atoms with Gasteiger partial charge in [-0.05, 0) is 24.1 Å². The molecule has 126 valence electrons. The van der Waals surface area contributed by atoms with Crippen LogP contribution in [-0.4, -0.2) is 36.1 Å². The van der Waals surface area contributed by atoms with E-state index in [1.54, 1.807) is 29.2 Å². The summed E-state index contributed by atoms with van der Waals surface area (Å²) in [6, 6.07) is 6.77. The van der Waals surface area contributed by atoms with Crippen LogP contribution in [0.5, 0.6) is 0 Å². The normalized spacial score (nSPS) is 20.4. The van der Waals surface area contributed by atoms with Gasteiger partial charge in [-0.2, -0.15) is 0 Å². The monoisotopic (exact) mass is 338 g/mol. The second-order valence-electron chi connectivity index (χ2n) is 6.07. The van der Waals surface area contributed by atoms with Crippen molar-refractivity contribution in [2.45, 2.75) is 32.7 Å². The van der Waals surface area contributed by atoms with Crippen molar-refractivity contribution in [1.82, 2.24) is 5.32 Å². The molecule has 2 N–H and O–H groups in total. The Morgan fingerprint density at radius 2 is 2.26 bits per heavy atom. The third kappa shape index (κ3) is 4.24. The van der Waals surface area contributed by atoms with Crippen molar-refractivity contribution in [3.8, 4) is 0 Å². The van der Waals surface area contributed by atoms with Crippen molar-refractivity contribution < 1.29 is 14.7 Å². The van der Waals surface area contributed by atoms with Crippen molar-refractivity contribution in [2.24, 2.45) is 11.8 Å². The molecular weight excluding hydrogens is 316 g/mol. The van der Waals surface area contributed by atoms with Crippen LogP contribution in [0.15, 0.2) is 24.3 Å². The Morgan fingerprint density at radius 3 is 2.87 bits per heavy atom. The average molecular weight is 339 g/mol. The number of aliphatic hydroxyl groups excluding tert-OH is 1. The summed E-state index contributed by atoms with van der Waals surface area (Å²) in [4.78, 5) is 26.2. The molecular formula is C17H23ClN2O3. The number of amides is 2.